The molecular weight excluding hydrogens is 348 g/mol. The number of nitrogens with two attached hydrogens (primary N) is 1. The number of anilines is 1. The summed E-state index contributed by atoms with van der Waals surface area (Å²) in [6.45, 7) is 4.94. The molecule has 26 heavy (non-hydrogen) atoms. The predicted octanol–water partition coefficient (Wildman–Crippen LogP) is 3.71. The van der Waals surface area contributed by atoms with Gasteiger partial charge in [0.05, 0.1) is 21.3 Å². The molecule has 0 radical (unpaired) electrons. The van der Waals surface area contributed by atoms with E-state index >= 15 is 0 Å². The van der Waals surface area contributed by atoms with Crippen molar-refractivity contribution in [1.29, 1.82) is 5.26 Å². The van der Waals surface area contributed by atoms with Gasteiger partial charge in [-0.3, -0.25) is 0 Å². The summed E-state index contributed by atoms with van der Waals surface area (Å²) >= 11 is 1.54. The van der Waals surface area contributed by atoms with Crippen LogP contribution in [0.2, 0.25) is 0 Å². The molecule has 7 heteroatoms. The topological polar surface area (TPSA) is 94.1 Å². The molecule has 4 rings (SSSR count). The van der Waals surface area contributed by atoms with Crippen molar-refractivity contribution in [3.63, 3.8) is 0 Å². The summed E-state index contributed by atoms with van der Waals surface area (Å²) in [6, 6.07) is 9.72. The zero-order valence-corrected chi connectivity index (χ0v) is 15.2. The first-order valence-corrected chi connectivity index (χ1v) is 8.93. The largest absolute Gasteiger partial charge is 0.486 e. The fraction of sp³-hybridized carbons (Fsp3) is 0.211. The highest BCUT2D eigenvalue weighted by Crippen LogP contribution is 2.38. The quantitative estimate of drug-likeness (QED) is 0.745. The highest BCUT2D eigenvalue weighted by molar-refractivity contribution is 7.15. The third-order valence-corrected chi connectivity index (χ3v) is 5.25. The number of hydrogen-bond acceptors (Lipinski definition) is 7. The molecule has 1 aromatic carbocycles. The fourth-order valence-corrected chi connectivity index (χ4v) is 3.94. The van der Waals surface area contributed by atoms with Gasteiger partial charge in [-0.05, 0) is 38.1 Å². The lowest BCUT2D eigenvalue weighted by atomic mass is 10.0. The van der Waals surface area contributed by atoms with E-state index in [9.17, 15) is 5.26 Å². The van der Waals surface area contributed by atoms with Crippen LogP contribution in [0.5, 0.6) is 11.5 Å². The summed E-state index contributed by atoms with van der Waals surface area (Å²) < 4.78 is 11.2. The minimum atomic E-state index is 0.209. The number of benzene rings is 1. The van der Waals surface area contributed by atoms with Crippen LogP contribution in [0.4, 0.5) is 5.82 Å². The molecule has 0 bridgehead atoms. The van der Waals surface area contributed by atoms with E-state index in [1.54, 1.807) is 11.3 Å². The Hall–Kier alpha value is -3.11. The minimum absolute atomic E-state index is 0.209. The molecule has 0 atom stereocenters. The zero-order chi connectivity index (χ0) is 18.3. The average molecular weight is 364 g/mol. The van der Waals surface area contributed by atoms with Crippen molar-refractivity contribution in [2.24, 2.45) is 0 Å². The van der Waals surface area contributed by atoms with Gasteiger partial charge in [0, 0.05) is 11.1 Å². The van der Waals surface area contributed by atoms with E-state index in [0.717, 1.165) is 32.5 Å². The molecule has 2 N–H and O–H groups in total. The molecule has 0 amide bonds. The molecule has 0 saturated carbocycles. The average Bonchev–Trinajstić information content (AvgIpc) is 2.98. The highest BCUT2D eigenvalue weighted by atomic mass is 32.1. The Kier molecular flexibility index (Phi) is 3.98. The molecular formula is C19H16N4O2S. The number of thiazole rings is 1. The van der Waals surface area contributed by atoms with Crippen LogP contribution in [0.1, 0.15) is 16.3 Å². The van der Waals surface area contributed by atoms with Gasteiger partial charge in [0.2, 0.25) is 0 Å². The van der Waals surface area contributed by atoms with Crippen molar-refractivity contribution in [2.75, 3.05) is 18.9 Å². The van der Waals surface area contributed by atoms with E-state index in [4.69, 9.17) is 15.2 Å². The number of nitrogen functional groups attached to an aromatic ring is 1. The van der Waals surface area contributed by atoms with Gasteiger partial charge in [-0.15, -0.1) is 11.3 Å². The number of nitriles is 1. The number of hydrogen-bond donors (Lipinski definition) is 1. The lowest BCUT2D eigenvalue weighted by Crippen LogP contribution is -2.15. The lowest BCUT2D eigenvalue weighted by Gasteiger charge is -2.19. The monoisotopic (exact) mass is 364 g/mol. The smallest absolute Gasteiger partial charge is 0.162 e. The third kappa shape index (κ3) is 2.74. The summed E-state index contributed by atoms with van der Waals surface area (Å²) in [5.74, 6) is 1.61. The Balaban J connectivity index is 1.89. The van der Waals surface area contributed by atoms with Crippen molar-refractivity contribution in [2.45, 2.75) is 13.8 Å². The van der Waals surface area contributed by atoms with E-state index in [0.29, 0.717) is 30.2 Å². The van der Waals surface area contributed by atoms with Crippen LogP contribution >= 0.6 is 11.3 Å². The Bertz CT molecular complexity index is 1050. The molecule has 0 spiro atoms. The molecule has 1 aliphatic heterocycles. The van der Waals surface area contributed by atoms with Gasteiger partial charge < -0.3 is 15.2 Å². The highest BCUT2D eigenvalue weighted by Gasteiger charge is 2.19. The Morgan fingerprint density at radius 3 is 2.58 bits per heavy atom. The molecule has 0 unspecified atom stereocenters. The molecule has 0 saturated heterocycles. The van der Waals surface area contributed by atoms with Crippen LogP contribution in [-0.4, -0.2) is 23.2 Å². The number of aromatic nitrogens is 2. The van der Waals surface area contributed by atoms with Crippen LogP contribution < -0.4 is 15.2 Å². The Labute approximate surface area is 154 Å². The standard InChI is InChI=1S/C19H16N4O2S/c1-10-18(26-11(2)22-10)13-8-15(23-19(21)14(13)9-20)12-3-4-16-17(7-12)25-6-5-24-16/h3-4,7-8H,5-6H2,1-2H3,(H2,21,23). The lowest BCUT2D eigenvalue weighted by molar-refractivity contribution is 0.171. The second-order valence-electron chi connectivity index (χ2n) is 5.93. The molecule has 3 heterocycles. The van der Waals surface area contributed by atoms with E-state index in [1.807, 2.05) is 38.1 Å². The van der Waals surface area contributed by atoms with Crippen LogP contribution in [0.15, 0.2) is 24.3 Å². The van der Waals surface area contributed by atoms with Crippen molar-refractivity contribution in [1.82, 2.24) is 9.97 Å². The normalized spacial score (nSPS) is 12.7. The van der Waals surface area contributed by atoms with Gasteiger partial charge in [0.1, 0.15) is 30.7 Å². The first kappa shape index (κ1) is 16.4. The number of pyridine rings is 1. The first-order valence-electron chi connectivity index (χ1n) is 8.12. The van der Waals surface area contributed by atoms with Gasteiger partial charge in [-0.25, -0.2) is 9.97 Å². The number of ether oxygens (including phenoxy) is 2. The maximum absolute atomic E-state index is 9.56. The molecule has 3 aromatic rings. The molecule has 6 nitrogen and oxygen atoms in total. The maximum Gasteiger partial charge on any atom is 0.162 e. The van der Waals surface area contributed by atoms with Crippen LogP contribution in [0.3, 0.4) is 0 Å². The molecule has 130 valence electrons. The summed E-state index contributed by atoms with van der Waals surface area (Å²) in [6.07, 6.45) is 0. The fourth-order valence-electron chi connectivity index (χ4n) is 2.99. The van der Waals surface area contributed by atoms with Crippen LogP contribution in [0.25, 0.3) is 21.7 Å². The number of fused-ring (bicyclic) bond motifs is 1. The number of aryl methyl sites for hydroxylation is 2. The predicted molar refractivity (Wildman–Crippen MR) is 100 cm³/mol. The summed E-state index contributed by atoms with van der Waals surface area (Å²) in [5.41, 5.74) is 9.64. The van der Waals surface area contributed by atoms with Gasteiger partial charge >= 0.3 is 0 Å². The summed E-state index contributed by atoms with van der Waals surface area (Å²) in [4.78, 5) is 9.83. The van der Waals surface area contributed by atoms with Gasteiger partial charge in [-0.2, -0.15) is 5.26 Å². The van der Waals surface area contributed by atoms with Crippen molar-refractivity contribution >= 4 is 17.2 Å². The summed E-state index contributed by atoms with van der Waals surface area (Å²) in [5, 5.41) is 10.5. The van der Waals surface area contributed by atoms with Gasteiger partial charge in [-0.1, -0.05) is 0 Å². The second kappa shape index (κ2) is 6.32. The van der Waals surface area contributed by atoms with Crippen molar-refractivity contribution in [3.8, 4) is 39.3 Å². The number of nitrogens with zero attached hydrogens (tertiary/aromatic N) is 3. The van der Waals surface area contributed by atoms with Crippen molar-refractivity contribution in [3.05, 3.63) is 40.5 Å². The zero-order valence-electron chi connectivity index (χ0n) is 14.4. The molecule has 0 fully saturated rings. The number of rotatable bonds is 2. The first-order chi connectivity index (χ1) is 12.6. The third-order valence-electron chi connectivity index (χ3n) is 4.15. The van der Waals surface area contributed by atoms with E-state index in [1.165, 1.54) is 0 Å². The Morgan fingerprint density at radius 2 is 1.88 bits per heavy atom. The van der Waals surface area contributed by atoms with Gasteiger partial charge in [0.15, 0.2) is 11.5 Å². The molecule has 2 aromatic heterocycles. The molecule has 0 aliphatic carbocycles. The van der Waals surface area contributed by atoms with E-state index in [-0.39, 0.29) is 5.82 Å². The summed E-state index contributed by atoms with van der Waals surface area (Å²) in [7, 11) is 0. The SMILES string of the molecule is Cc1nc(C)c(-c2cc(-c3ccc4c(c3)OCCO4)nc(N)c2C#N)s1. The maximum atomic E-state index is 9.56. The van der Waals surface area contributed by atoms with Crippen LogP contribution in [0, 0.1) is 25.2 Å². The van der Waals surface area contributed by atoms with E-state index < -0.39 is 0 Å². The van der Waals surface area contributed by atoms with Crippen molar-refractivity contribution < 1.29 is 9.47 Å². The second-order valence-corrected chi connectivity index (χ2v) is 7.14. The molecule has 1 aliphatic rings. The van der Waals surface area contributed by atoms with Gasteiger partial charge in [0.25, 0.3) is 0 Å². The van der Waals surface area contributed by atoms with Crippen LogP contribution in [-0.2, 0) is 0 Å². The van der Waals surface area contributed by atoms with E-state index in [2.05, 4.69) is 16.0 Å². The Morgan fingerprint density at radius 1 is 1.12 bits per heavy atom. The minimum Gasteiger partial charge on any atom is -0.486 e.